The Morgan fingerprint density at radius 3 is 2.39 bits per heavy atom. The smallest absolute Gasteiger partial charge is 0.246 e. The van der Waals surface area contributed by atoms with Gasteiger partial charge in [0.2, 0.25) is 10.0 Å². The summed E-state index contributed by atoms with van der Waals surface area (Å²) in [6, 6.07) is 15.6. The Bertz CT molecular complexity index is 1050. The van der Waals surface area contributed by atoms with Crippen molar-refractivity contribution in [3.63, 3.8) is 0 Å². The quantitative estimate of drug-likeness (QED) is 0.794. The number of piperidine rings is 1. The van der Waals surface area contributed by atoms with E-state index in [0.717, 1.165) is 17.5 Å². The Hall–Kier alpha value is -2.02. The lowest BCUT2D eigenvalue weighted by atomic mass is 9.73. The normalized spacial score (nSPS) is 34.7. The first kappa shape index (κ1) is 18.0. The molecule has 1 spiro atoms. The van der Waals surface area contributed by atoms with E-state index >= 15 is 0 Å². The number of hydrogen-bond donors (Lipinski definition) is 0. The summed E-state index contributed by atoms with van der Waals surface area (Å²) in [5.74, 6) is 0.0363. The van der Waals surface area contributed by atoms with Crippen LogP contribution in [0.25, 0.3) is 0 Å². The van der Waals surface area contributed by atoms with Crippen LogP contribution in [0.15, 0.2) is 59.5 Å². The summed E-state index contributed by atoms with van der Waals surface area (Å²) >= 11 is 0. The second kappa shape index (κ2) is 5.75. The monoisotopic (exact) mass is 397 g/mol. The van der Waals surface area contributed by atoms with Gasteiger partial charge in [-0.15, -0.1) is 0 Å². The molecule has 2 saturated heterocycles. The van der Waals surface area contributed by atoms with Gasteiger partial charge in [0.05, 0.1) is 16.4 Å². The number of hydrogen-bond acceptors (Lipinski definition) is 4. The molecular formula is C22H23NO4S. The topological polar surface area (TPSA) is 63.7 Å². The molecule has 0 radical (unpaired) electrons. The maximum absolute atomic E-state index is 13.8. The summed E-state index contributed by atoms with van der Waals surface area (Å²) in [7, 11) is -3.85. The summed E-state index contributed by atoms with van der Waals surface area (Å²) in [5, 5.41) is 0. The minimum atomic E-state index is -3.85. The SMILES string of the molecule is Cc1ccc(S(=O)(=O)N2[C@H](c3ccccc3)[C@H]3O[C@@]24CCC[C@]4(C)C3=O)cc1. The summed E-state index contributed by atoms with van der Waals surface area (Å²) in [5.41, 5.74) is -0.0983. The third-order valence-corrected chi connectivity index (χ3v) is 8.70. The van der Waals surface area contributed by atoms with Crippen LogP contribution in [-0.2, 0) is 19.6 Å². The fourth-order valence-corrected chi connectivity index (χ4v) is 7.29. The first-order valence-electron chi connectivity index (χ1n) is 9.70. The van der Waals surface area contributed by atoms with Crippen molar-refractivity contribution in [2.24, 2.45) is 5.41 Å². The molecule has 2 aliphatic heterocycles. The van der Waals surface area contributed by atoms with Crippen molar-refractivity contribution >= 4 is 15.8 Å². The van der Waals surface area contributed by atoms with Crippen LogP contribution in [-0.4, -0.2) is 30.3 Å². The van der Waals surface area contributed by atoms with Gasteiger partial charge in [-0.2, -0.15) is 4.31 Å². The van der Waals surface area contributed by atoms with Crippen molar-refractivity contribution in [3.8, 4) is 0 Å². The highest BCUT2D eigenvalue weighted by molar-refractivity contribution is 7.89. The number of carbonyl (C=O) groups excluding carboxylic acids is 1. The fourth-order valence-electron chi connectivity index (χ4n) is 5.32. The van der Waals surface area contributed by atoms with E-state index in [1.807, 2.05) is 44.2 Å². The summed E-state index contributed by atoms with van der Waals surface area (Å²) in [6.45, 7) is 3.80. The van der Waals surface area contributed by atoms with Gasteiger partial charge in [-0.05, 0) is 50.8 Å². The largest absolute Gasteiger partial charge is 0.345 e. The van der Waals surface area contributed by atoms with Gasteiger partial charge in [-0.25, -0.2) is 8.42 Å². The average Bonchev–Trinajstić information content (AvgIpc) is 3.28. The first-order valence-corrected chi connectivity index (χ1v) is 11.1. The molecule has 2 aromatic rings. The molecule has 2 aromatic carbocycles. The molecule has 0 amide bonds. The Balaban J connectivity index is 1.73. The van der Waals surface area contributed by atoms with Crippen molar-refractivity contribution in [3.05, 3.63) is 65.7 Å². The zero-order valence-corrected chi connectivity index (χ0v) is 16.8. The number of Topliss-reactive ketones (excluding diaryl/α,β-unsaturated/α-hetero) is 1. The number of rotatable bonds is 3. The van der Waals surface area contributed by atoms with E-state index in [1.165, 1.54) is 4.31 Å². The molecule has 3 aliphatic rings. The standard InChI is InChI=1S/C22H23NO4S/c1-15-9-11-17(12-10-15)28(25,26)23-18(16-7-4-3-5-8-16)19-20(24)21(2)13-6-14-22(21,23)27-19/h3-5,7-12,18-19H,6,13-14H2,1-2H3/t18-,19-,21-,22-/m1/s1. The van der Waals surface area contributed by atoms with Gasteiger partial charge in [0.1, 0.15) is 11.8 Å². The van der Waals surface area contributed by atoms with Crippen molar-refractivity contribution in [1.29, 1.82) is 0 Å². The Morgan fingerprint density at radius 2 is 1.71 bits per heavy atom. The molecular weight excluding hydrogens is 374 g/mol. The van der Waals surface area contributed by atoms with Crippen LogP contribution in [0.4, 0.5) is 0 Å². The second-order valence-electron chi connectivity index (χ2n) is 8.34. The predicted octanol–water partition coefficient (Wildman–Crippen LogP) is 3.60. The number of nitrogens with zero attached hydrogens (tertiary/aromatic N) is 1. The summed E-state index contributed by atoms with van der Waals surface area (Å²) in [6.07, 6.45) is 1.22. The van der Waals surface area contributed by atoms with Crippen LogP contribution in [0, 0.1) is 12.3 Å². The van der Waals surface area contributed by atoms with Crippen LogP contribution < -0.4 is 0 Å². The minimum Gasteiger partial charge on any atom is -0.345 e. The van der Waals surface area contributed by atoms with E-state index in [2.05, 4.69) is 0 Å². The predicted molar refractivity (Wildman–Crippen MR) is 104 cm³/mol. The fraction of sp³-hybridized carbons (Fsp3) is 0.409. The van der Waals surface area contributed by atoms with E-state index in [9.17, 15) is 13.2 Å². The molecule has 0 aromatic heterocycles. The lowest BCUT2D eigenvalue weighted by Gasteiger charge is -2.45. The molecule has 2 heterocycles. The average molecular weight is 397 g/mol. The van der Waals surface area contributed by atoms with E-state index in [1.54, 1.807) is 24.3 Å². The van der Waals surface area contributed by atoms with E-state index in [0.29, 0.717) is 12.8 Å². The van der Waals surface area contributed by atoms with Crippen molar-refractivity contribution in [2.45, 2.75) is 55.9 Å². The molecule has 28 heavy (non-hydrogen) atoms. The zero-order chi connectivity index (χ0) is 19.7. The number of aryl methyl sites for hydroxylation is 1. The number of ether oxygens (including phenoxy) is 1. The van der Waals surface area contributed by atoms with E-state index in [-0.39, 0.29) is 10.7 Å². The van der Waals surface area contributed by atoms with E-state index in [4.69, 9.17) is 4.74 Å². The van der Waals surface area contributed by atoms with Gasteiger partial charge in [0, 0.05) is 0 Å². The molecule has 3 fully saturated rings. The molecule has 5 nitrogen and oxygen atoms in total. The van der Waals surface area contributed by atoms with Gasteiger partial charge in [-0.3, -0.25) is 4.79 Å². The lowest BCUT2D eigenvalue weighted by molar-refractivity contribution is -0.134. The highest BCUT2D eigenvalue weighted by Crippen LogP contribution is 2.66. The summed E-state index contributed by atoms with van der Waals surface area (Å²) < 4.78 is 35.5. The van der Waals surface area contributed by atoms with Crippen LogP contribution >= 0.6 is 0 Å². The van der Waals surface area contributed by atoms with Crippen molar-refractivity contribution in [1.82, 2.24) is 4.31 Å². The molecule has 6 heteroatoms. The Labute approximate surface area is 165 Å². The Morgan fingerprint density at radius 1 is 1.04 bits per heavy atom. The van der Waals surface area contributed by atoms with Crippen LogP contribution in [0.3, 0.4) is 0 Å². The highest BCUT2D eigenvalue weighted by Gasteiger charge is 2.77. The van der Waals surface area contributed by atoms with Crippen LogP contribution in [0.1, 0.15) is 43.4 Å². The number of fused-ring (bicyclic) bond motifs is 1. The molecule has 1 saturated carbocycles. The highest BCUT2D eigenvalue weighted by atomic mass is 32.2. The lowest BCUT2D eigenvalue weighted by Crippen LogP contribution is -2.60. The van der Waals surface area contributed by atoms with Gasteiger partial charge >= 0.3 is 0 Å². The zero-order valence-electron chi connectivity index (χ0n) is 16.0. The van der Waals surface area contributed by atoms with Crippen LogP contribution in [0.5, 0.6) is 0 Å². The molecule has 0 N–H and O–H groups in total. The first-order chi connectivity index (χ1) is 13.3. The van der Waals surface area contributed by atoms with Gasteiger partial charge in [0.25, 0.3) is 0 Å². The maximum atomic E-state index is 13.8. The Kier molecular flexibility index (Phi) is 3.70. The minimum absolute atomic E-state index is 0.0363. The van der Waals surface area contributed by atoms with Gasteiger partial charge in [0.15, 0.2) is 5.78 Å². The number of ketones is 1. The van der Waals surface area contributed by atoms with E-state index < -0.39 is 33.3 Å². The second-order valence-corrected chi connectivity index (χ2v) is 10.2. The molecule has 2 bridgehead atoms. The van der Waals surface area contributed by atoms with Crippen LogP contribution in [0.2, 0.25) is 0 Å². The number of sulfonamides is 1. The summed E-state index contributed by atoms with van der Waals surface area (Å²) in [4.78, 5) is 13.5. The molecule has 4 atom stereocenters. The maximum Gasteiger partial charge on any atom is 0.246 e. The van der Waals surface area contributed by atoms with Crippen molar-refractivity contribution < 1.29 is 17.9 Å². The number of benzene rings is 2. The molecule has 0 unspecified atom stereocenters. The van der Waals surface area contributed by atoms with Gasteiger partial charge in [-0.1, -0.05) is 48.0 Å². The molecule has 5 rings (SSSR count). The molecule has 146 valence electrons. The number of carbonyl (C=O) groups is 1. The van der Waals surface area contributed by atoms with Gasteiger partial charge < -0.3 is 4.74 Å². The third-order valence-electron chi connectivity index (χ3n) is 6.79. The third kappa shape index (κ3) is 2.08. The molecule has 1 aliphatic carbocycles. The van der Waals surface area contributed by atoms with Crippen molar-refractivity contribution in [2.75, 3.05) is 0 Å².